The molecule has 1 aliphatic heterocycles. The summed E-state index contributed by atoms with van der Waals surface area (Å²) in [6.07, 6.45) is -16.4. The van der Waals surface area contributed by atoms with E-state index in [-0.39, 0.29) is 22.3 Å². The number of hydrogen-bond acceptors (Lipinski definition) is 3. The minimum atomic E-state index is -5.12. The molecule has 0 spiro atoms. The molecule has 1 fully saturated rings. The average Bonchev–Trinajstić information content (AvgIpc) is 3.10. The summed E-state index contributed by atoms with van der Waals surface area (Å²) in [6.45, 7) is 0.806. The molecule has 1 aliphatic rings. The van der Waals surface area contributed by atoms with Gasteiger partial charge in [0.25, 0.3) is 0 Å². The predicted molar refractivity (Wildman–Crippen MR) is 120 cm³/mol. The van der Waals surface area contributed by atoms with Gasteiger partial charge in [-0.3, -0.25) is 4.90 Å². The van der Waals surface area contributed by atoms with E-state index in [2.05, 4.69) is 4.98 Å². The van der Waals surface area contributed by atoms with Gasteiger partial charge >= 0.3 is 24.6 Å². The van der Waals surface area contributed by atoms with E-state index in [0.29, 0.717) is 17.7 Å². The maximum Gasteiger partial charge on any atom is 0.416 e. The van der Waals surface area contributed by atoms with E-state index < -0.39 is 65.6 Å². The third-order valence-corrected chi connectivity index (χ3v) is 6.35. The van der Waals surface area contributed by atoms with E-state index in [1.165, 1.54) is 25.3 Å². The van der Waals surface area contributed by atoms with Crippen LogP contribution in [0.2, 0.25) is 5.15 Å². The highest BCUT2D eigenvalue weighted by Gasteiger charge is 2.43. The van der Waals surface area contributed by atoms with Crippen LogP contribution in [0, 0.1) is 0 Å². The molecule has 0 N–H and O–H groups in total. The number of alkyl halides is 9. The maximum absolute atomic E-state index is 13.5. The lowest BCUT2D eigenvalue weighted by Crippen LogP contribution is -2.32. The molecule has 2 heterocycles. The molecule has 39 heavy (non-hydrogen) atoms. The van der Waals surface area contributed by atoms with Crippen LogP contribution in [0.1, 0.15) is 40.8 Å². The summed E-state index contributed by atoms with van der Waals surface area (Å²) in [6, 6.07) is 5.31. The Hall–Kier alpha value is -3.48. The number of pyridine rings is 1. The molecule has 0 aliphatic carbocycles. The number of halogens is 10. The number of carbonyl (C=O) groups excluding carboxylic acids is 1. The quantitative estimate of drug-likeness (QED) is 0.229. The molecule has 1 saturated heterocycles. The Morgan fingerprint density at radius 3 is 1.97 bits per heavy atom. The molecule has 2 atom stereocenters. The van der Waals surface area contributed by atoms with Crippen molar-refractivity contribution in [2.45, 2.75) is 44.1 Å². The summed E-state index contributed by atoms with van der Waals surface area (Å²) < 4.78 is 126. The zero-order valence-electron chi connectivity index (χ0n) is 19.5. The van der Waals surface area contributed by atoms with Crippen molar-refractivity contribution in [1.29, 1.82) is 0 Å². The second-order valence-electron chi connectivity index (χ2n) is 8.75. The molecular weight excluding hydrogens is 567 g/mol. The number of rotatable bonds is 4. The smallest absolute Gasteiger partial charge is 0.416 e. The van der Waals surface area contributed by atoms with E-state index in [0.717, 1.165) is 23.1 Å². The van der Waals surface area contributed by atoms with Crippen molar-refractivity contribution >= 4 is 17.7 Å². The van der Waals surface area contributed by atoms with Crippen molar-refractivity contribution < 1.29 is 49.0 Å². The number of nitrogens with zero attached hydrogens (tertiary/aromatic N) is 2. The number of amides is 1. The molecule has 3 aromatic rings. The van der Waals surface area contributed by atoms with Crippen molar-refractivity contribution in [3.05, 3.63) is 87.7 Å². The number of aromatic nitrogens is 1. The van der Waals surface area contributed by atoms with Crippen LogP contribution in [0.3, 0.4) is 0 Å². The third kappa shape index (κ3) is 6.07. The molecule has 0 unspecified atom stereocenters. The van der Waals surface area contributed by atoms with Gasteiger partial charge in [-0.05, 0) is 71.6 Å². The Morgan fingerprint density at radius 2 is 1.44 bits per heavy atom. The van der Waals surface area contributed by atoms with E-state index in [9.17, 15) is 44.3 Å². The van der Waals surface area contributed by atoms with Crippen molar-refractivity contribution in [3.8, 4) is 11.1 Å². The number of benzene rings is 2. The van der Waals surface area contributed by atoms with Gasteiger partial charge in [0.2, 0.25) is 0 Å². The highest BCUT2D eigenvalue weighted by molar-refractivity contribution is 6.29. The second-order valence-corrected chi connectivity index (χ2v) is 9.14. The first-order valence-corrected chi connectivity index (χ1v) is 11.4. The van der Waals surface area contributed by atoms with Gasteiger partial charge in [-0.2, -0.15) is 39.5 Å². The van der Waals surface area contributed by atoms with Gasteiger partial charge in [0, 0.05) is 6.20 Å². The van der Waals surface area contributed by atoms with E-state index in [1.54, 1.807) is 0 Å². The summed E-state index contributed by atoms with van der Waals surface area (Å²) in [4.78, 5) is 17.5. The van der Waals surface area contributed by atoms with Gasteiger partial charge in [0.05, 0.1) is 29.3 Å². The number of hydrogen-bond donors (Lipinski definition) is 0. The van der Waals surface area contributed by atoms with E-state index in [4.69, 9.17) is 16.3 Å². The van der Waals surface area contributed by atoms with Crippen molar-refractivity contribution in [3.63, 3.8) is 0 Å². The average molecular weight is 583 g/mol. The van der Waals surface area contributed by atoms with Crippen molar-refractivity contribution in [1.82, 2.24) is 9.88 Å². The Kier molecular flexibility index (Phi) is 7.26. The van der Waals surface area contributed by atoms with Gasteiger partial charge in [0.1, 0.15) is 11.3 Å². The fraction of sp³-hybridized carbons (Fsp3) is 0.280. The van der Waals surface area contributed by atoms with Crippen LogP contribution in [0.25, 0.3) is 11.1 Å². The zero-order valence-corrected chi connectivity index (χ0v) is 20.3. The molecule has 2 aromatic carbocycles. The highest BCUT2D eigenvalue weighted by atomic mass is 35.5. The minimum absolute atomic E-state index is 0.0171. The molecule has 1 aromatic heterocycles. The molecule has 14 heteroatoms. The number of cyclic esters (lactones) is 1. The molecule has 0 radical (unpaired) electrons. The maximum atomic E-state index is 13.5. The first kappa shape index (κ1) is 28.5. The monoisotopic (exact) mass is 582 g/mol. The van der Waals surface area contributed by atoms with E-state index >= 15 is 0 Å². The van der Waals surface area contributed by atoms with Crippen LogP contribution in [0.4, 0.5) is 44.3 Å². The van der Waals surface area contributed by atoms with Gasteiger partial charge in [-0.1, -0.05) is 17.7 Å². The highest BCUT2D eigenvalue weighted by Crippen LogP contribution is 2.42. The fourth-order valence-corrected chi connectivity index (χ4v) is 4.41. The molecule has 4 nitrogen and oxygen atoms in total. The number of carbonyl (C=O) groups is 1. The van der Waals surface area contributed by atoms with Gasteiger partial charge in [-0.15, -0.1) is 0 Å². The van der Waals surface area contributed by atoms with Crippen LogP contribution >= 0.6 is 11.6 Å². The topological polar surface area (TPSA) is 42.4 Å². The first-order valence-electron chi connectivity index (χ1n) is 11.0. The number of ether oxygens (including phenoxy) is 1. The normalized spacial score (nSPS) is 18.4. The standard InChI is InChI=1S/C25H16ClF9N2O2/c1-12-21(14-6-17(24(30,31)32)10-18(7-14)25(33,34)35)39-22(38)37(12)11-15-8-16(23(27,28)29)2-3-19(15)13-4-5-36-20(26)9-13/h2-10,12,21H,11H2,1H3/t12-,21-/m0/s1. The Balaban J connectivity index is 1.74. The largest absolute Gasteiger partial charge is 0.439 e. The Morgan fingerprint density at radius 1 is 0.846 bits per heavy atom. The van der Waals surface area contributed by atoms with Gasteiger partial charge < -0.3 is 4.74 Å². The molecule has 0 saturated carbocycles. The summed E-state index contributed by atoms with van der Waals surface area (Å²) in [5.41, 5.74) is -4.20. The Labute approximate surface area is 220 Å². The van der Waals surface area contributed by atoms with E-state index in [1.807, 2.05) is 0 Å². The SMILES string of the molecule is C[C@H]1[C@@H](c2cc(C(F)(F)F)cc(C(F)(F)F)c2)OC(=O)N1Cc1cc(C(F)(F)F)ccc1-c1ccnc(Cl)c1. The van der Waals surface area contributed by atoms with Crippen LogP contribution in [-0.4, -0.2) is 22.0 Å². The molecule has 0 bridgehead atoms. The lowest BCUT2D eigenvalue weighted by atomic mass is 9.95. The summed E-state index contributed by atoms with van der Waals surface area (Å²) >= 11 is 5.91. The molecular formula is C25H16ClF9N2O2. The summed E-state index contributed by atoms with van der Waals surface area (Å²) in [5, 5.41) is 0.0392. The lowest BCUT2D eigenvalue weighted by Gasteiger charge is -2.24. The first-order chi connectivity index (χ1) is 17.9. The van der Waals surface area contributed by atoms with Crippen LogP contribution in [0.15, 0.2) is 54.7 Å². The molecule has 4 rings (SSSR count). The van der Waals surface area contributed by atoms with Gasteiger partial charge in [-0.25, -0.2) is 9.78 Å². The van der Waals surface area contributed by atoms with Crippen molar-refractivity contribution in [2.24, 2.45) is 0 Å². The predicted octanol–water partition coefficient (Wildman–Crippen LogP) is 8.54. The van der Waals surface area contributed by atoms with Crippen LogP contribution in [-0.2, 0) is 29.8 Å². The lowest BCUT2D eigenvalue weighted by molar-refractivity contribution is -0.143. The second kappa shape index (κ2) is 9.92. The zero-order chi connectivity index (χ0) is 28.9. The third-order valence-electron chi connectivity index (χ3n) is 6.14. The minimum Gasteiger partial charge on any atom is -0.439 e. The van der Waals surface area contributed by atoms with Crippen LogP contribution < -0.4 is 0 Å². The van der Waals surface area contributed by atoms with Crippen molar-refractivity contribution in [2.75, 3.05) is 0 Å². The van der Waals surface area contributed by atoms with Crippen LogP contribution in [0.5, 0.6) is 0 Å². The Bertz CT molecular complexity index is 1370. The summed E-state index contributed by atoms with van der Waals surface area (Å²) in [7, 11) is 0. The molecule has 1 amide bonds. The summed E-state index contributed by atoms with van der Waals surface area (Å²) in [5.74, 6) is 0. The fourth-order valence-electron chi connectivity index (χ4n) is 4.24. The van der Waals surface area contributed by atoms with Gasteiger partial charge in [0.15, 0.2) is 0 Å². The molecule has 208 valence electrons.